The molecule has 0 unspecified atom stereocenters. The van der Waals surface area contributed by atoms with Crippen LogP contribution < -0.4 is 4.74 Å². The summed E-state index contributed by atoms with van der Waals surface area (Å²) in [7, 11) is 0. The zero-order valence-corrected chi connectivity index (χ0v) is 14.8. The number of fused-ring (bicyclic) bond motifs is 1. The Morgan fingerprint density at radius 2 is 1.84 bits per heavy atom. The third-order valence-corrected chi connectivity index (χ3v) is 4.38. The van der Waals surface area contributed by atoms with Crippen LogP contribution in [0.2, 0.25) is 0 Å². The Labute approximate surface area is 148 Å². The first-order chi connectivity index (χ1) is 12.2. The second-order valence-corrected chi connectivity index (χ2v) is 6.51. The van der Waals surface area contributed by atoms with Gasteiger partial charge < -0.3 is 9.30 Å². The fourth-order valence-corrected chi connectivity index (χ4v) is 2.93. The van der Waals surface area contributed by atoms with Crippen molar-refractivity contribution < 1.29 is 9.53 Å². The molecule has 0 amide bonds. The summed E-state index contributed by atoms with van der Waals surface area (Å²) < 4.78 is 7.80. The van der Waals surface area contributed by atoms with E-state index in [4.69, 9.17) is 4.74 Å². The molecule has 0 radical (unpaired) electrons. The Bertz CT molecular complexity index is 835. The Morgan fingerprint density at radius 1 is 1.08 bits per heavy atom. The summed E-state index contributed by atoms with van der Waals surface area (Å²) in [4.78, 5) is 15.6. The highest BCUT2D eigenvalue weighted by atomic mass is 16.5. The van der Waals surface area contributed by atoms with Crippen molar-refractivity contribution in [2.45, 2.75) is 39.2 Å². The van der Waals surface area contributed by atoms with Crippen molar-refractivity contribution in [1.82, 2.24) is 9.55 Å². The highest BCUT2D eigenvalue weighted by Gasteiger charge is 2.08. The van der Waals surface area contributed by atoms with E-state index in [1.807, 2.05) is 41.0 Å². The minimum Gasteiger partial charge on any atom is -0.494 e. The summed E-state index contributed by atoms with van der Waals surface area (Å²) in [5, 5.41) is 0. The lowest BCUT2D eigenvalue weighted by atomic mass is 10.0. The number of carbonyl (C=O) groups excluding carboxylic acids is 1. The molecule has 0 saturated heterocycles. The van der Waals surface area contributed by atoms with Crippen LogP contribution in [-0.4, -0.2) is 22.4 Å². The molecule has 1 heterocycles. The number of para-hydroxylation sites is 2. The lowest BCUT2D eigenvalue weighted by Gasteiger charge is -2.10. The number of aryl methyl sites for hydroxylation is 1. The van der Waals surface area contributed by atoms with E-state index in [0.717, 1.165) is 42.5 Å². The van der Waals surface area contributed by atoms with Gasteiger partial charge in [0, 0.05) is 6.54 Å². The molecule has 0 aliphatic heterocycles. The van der Waals surface area contributed by atoms with Gasteiger partial charge in [0.25, 0.3) is 0 Å². The zero-order valence-electron chi connectivity index (χ0n) is 14.8. The predicted molar refractivity (Wildman–Crippen MR) is 100 cm³/mol. The lowest BCUT2D eigenvalue weighted by Crippen LogP contribution is -2.05. The number of unbranched alkanes of at least 4 members (excludes halogenated alkanes) is 1. The van der Waals surface area contributed by atoms with Crippen molar-refractivity contribution >= 4 is 17.3 Å². The molecular formula is C21H24N2O2. The molecule has 130 valence electrons. The number of imidazole rings is 1. The van der Waals surface area contributed by atoms with Crippen molar-refractivity contribution in [3.63, 3.8) is 0 Å². The van der Waals surface area contributed by atoms with Crippen LogP contribution in [0.1, 0.15) is 48.8 Å². The molecule has 4 heteroatoms. The summed E-state index contributed by atoms with van der Waals surface area (Å²) in [6, 6.07) is 16.1. The van der Waals surface area contributed by atoms with Gasteiger partial charge in [0.1, 0.15) is 5.75 Å². The molecule has 0 fully saturated rings. The van der Waals surface area contributed by atoms with Gasteiger partial charge in [0.05, 0.1) is 17.6 Å². The maximum atomic E-state index is 11.2. The number of aromatic nitrogens is 2. The molecule has 4 nitrogen and oxygen atoms in total. The van der Waals surface area contributed by atoms with Crippen molar-refractivity contribution in [3.05, 3.63) is 59.9 Å². The predicted octanol–water partition coefficient (Wildman–Crippen LogP) is 4.83. The van der Waals surface area contributed by atoms with Gasteiger partial charge in [0.2, 0.25) is 0 Å². The number of benzene rings is 2. The summed E-state index contributed by atoms with van der Waals surface area (Å²) in [6.07, 6.45) is 2.69. The topological polar surface area (TPSA) is 44.1 Å². The number of carbonyl (C=O) groups is 1. The van der Waals surface area contributed by atoms with Crippen molar-refractivity contribution in [3.8, 4) is 5.75 Å². The largest absolute Gasteiger partial charge is 0.494 e. The van der Waals surface area contributed by atoms with Gasteiger partial charge in [-0.15, -0.1) is 0 Å². The highest BCUT2D eigenvalue weighted by molar-refractivity contribution is 5.82. The van der Waals surface area contributed by atoms with Crippen molar-refractivity contribution in [2.75, 3.05) is 6.61 Å². The highest BCUT2D eigenvalue weighted by Crippen LogP contribution is 2.19. The van der Waals surface area contributed by atoms with Gasteiger partial charge in [-0.2, -0.15) is 0 Å². The first-order valence-electron chi connectivity index (χ1n) is 8.82. The van der Waals surface area contributed by atoms with Crippen LogP contribution in [0, 0.1) is 0 Å². The first kappa shape index (κ1) is 17.2. The number of hydrogen-bond donors (Lipinski definition) is 0. The quantitative estimate of drug-likeness (QED) is 0.437. The monoisotopic (exact) mass is 336 g/mol. The molecule has 2 aromatic carbocycles. The van der Waals surface area contributed by atoms with E-state index < -0.39 is 0 Å². The number of ether oxygens (including phenoxy) is 1. The van der Waals surface area contributed by atoms with Crippen LogP contribution in [-0.2, 0) is 6.54 Å². The van der Waals surface area contributed by atoms with E-state index in [1.54, 1.807) is 0 Å². The third-order valence-electron chi connectivity index (χ3n) is 4.38. The Balaban J connectivity index is 1.51. The number of aldehydes is 1. The van der Waals surface area contributed by atoms with Crippen LogP contribution in [0.15, 0.2) is 48.5 Å². The van der Waals surface area contributed by atoms with Gasteiger partial charge in [-0.25, -0.2) is 4.98 Å². The SMILES string of the molecule is CC(C)c1ccc(OCCCCn2c(C=O)nc3ccccc32)cc1. The molecule has 0 N–H and O–H groups in total. The molecule has 0 spiro atoms. The maximum absolute atomic E-state index is 11.2. The van der Waals surface area contributed by atoms with Crippen molar-refractivity contribution in [1.29, 1.82) is 0 Å². The smallest absolute Gasteiger partial charge is 0.185 e. The fraction of sp³-hybridized carbons (Fsp3) is 0.333. The average molecular weight is 336 g/mol. The Kier molecular flexibility index (Phi) is 5.49. The molecule has 3 aromatic rings. The summed E-state index contributed by atoms with van der Waals surface area (Å²) in [5.74, 6) is 1.93. The molecule has 0 saturated carbocycles. The second kappa shape index (κ2) is 7.97. The average Bonchev–Trinajstić information content (AvgIpc) is 3.00. The molecule has 0 bridgehead atoms. The Morgan fingerprint density at radius 3 is 2.56 bits per heavy atom. The molecular weight excluding hydrogens is 312 g/mol. The number of rotatable bonds is 8. The maximum Gasteiger partial charge on any atom is 0.185 e. The minimum absolute atomic E-state index is 0.492. The number of hydrogen-bond acceptors (Lipinski definition) is 3. The standard InChI is InChI=1S/C21H24N2O2/c1-16(2)17-9-11-18(12-10-17)25-14-6-5-13-23-20-8-4-3-7-19(20)22-21(23)15-24/h3-4,7-12,15-16H,5-6,13-14H2,1-2H3. The second-order valence-electron chi connectivity index (χ2n) is 6.51. The van der Waals surface area contributed by atoms with Gasteiger partial charge in [-0.3, -0.25) is 4.79 Å². The zero-order chi connectivity index (χ0) is 17.6. The van der Waals surface area contributed by atoms with Crippen LogP contribution in [0.3, 0.4) is 0 Å². The van der Waals surface area contributed by atoms with Crippen LogP contribution in [0.5, 0.6) is 5.75 Å². The van der Waals surface area contributed by atoms with Gasteiger partial charge in [0.15, 0.2) is 12.1 Å². The normalized spacial score (nSPS) is 11.2. The van der Waals surface area contributed by atoms with E-state index in [9.17, 15) is 4.79 Å². The molecule has 0 aliphatic rings. The van der Waals surface area contributed by atoms with Crippen molar-refractivity contribution in [2.24, 2.45) is 0 Å². The minimum atomic E-state index is 0.492. The molecule has 1 aromatic heterocycles. The van der Waals surface area contributed by atoms with E-state index in [0.29, 0.717) is 18.3 Å². The third kappa shape index (κ3) is 4.08. The summed E-state index contributed by atoms with van der Waals surface area (Å²) >= 11 is 0. The molecule has 3 rings (SSSR count). The summed E-state index contributed by atoms with van der Waals surface area (Å²) in [5.41, 5.74) is 3.20. The van der Waals surface area contributed by atoms with Gasteiger partial charge in [-0.05, 0) is 48.6 Å². The van der Waals surface area contributed by atoms with E-state index >= 15 is 0 Å². The van der Waals surface area contributed by atoms with E-state index in [1.165, 1.54) is 5.56 Å². The lowest BCUT2D eigenvalue weighted by molar-refractivity contribution is 0.111. The molecule has 0 aliphatic carbocycles. The Hall–Kier alpha value is -2.62. The van der Waals surface area contributed by atoms with Crippen LogP contribution >= 0.6 is 0 Å². The molecule has 25 heavy (non-hydrogen) atoms. The van der Waals surface area contributed by atoms with Gasteiger partial charge >= 0.3 is 0 Å². The number of nitrogens with zero attached hydrogens (tertiary/aromatic N) is 2. The van der Waals surface area contributed by atoms with Crippen LogP contribution in [0.25, 0.3) is 11.0 Å². The van der Waals surface area contributed by atoms with Gasteiger partial charge in [-0.1, -0.05) is 38.1 Å². The summed E-state index contributed by atoms with van der Waals surface area (Å²) in [6.45, 7) is 5.81. The fourth-order valence-electron chi connectivity index (χ4n) is 2.93. The first-order valence-corrected chi connectivity index (χ1v) is 8.82. The van der Waals surface area contributed by atoms with E-state index in [-0.39, 0.29) is 0 Å². The molecule has 0 atom stereocenters. The van der Waals surface area contributed by atoms with E-state index in [2.05, 4.69) is 31.0 Å². The van der Waals surface area contributed by atoms with Crippen LogP contribution in [0.4, 0.5) is 0 Å².